The topological polar surface area (TPSA) is 55.1 Å². The third kappa shape index (κ3) is 2.02. The molecule has 4 rings (SSSR count). The number of hydrogen-bond acceptors (Lipinski definition) is 2. The summed E-state index contributed by atoms with van der Waals surface area (Å²) in [5.74, 6) is -0.0528. The summed E-state index contributed by atoms with van der Waals surface area (Å²) in [6, 6.07) is 23.8. The average Bonchev–Trinajstić information content (AvgIpc) is 2.91. The zero-order valence-electron chi connectivity index (χ0n) is 13.4. The van der Waals surface area contributed by atoms with Gasteiger partial charge in [0.2, 0.25) is 0 Å². The number of fused-ring (bicyclic) bond motifs is 1. The molecule has 3 N–H and O–H groups in total. The number of nitrogens with two attached hydrogens (primary N) is 1. The van der Waals surface area contributed by atoms with Crippen molar-refractivity contribution < 1.29 is 4.79 Å². The van der Waals surface area contributed by atoms with Gasteiger partial charge >= 0.3 is 0 Å². The second kappa shape index (κ2) is 5.24. The van der Waals surface area contributed by atoms with Gasteiger partial charge in [0, 0.05) is 11.3 Å². The molecule has 1 aliphatic heterocycles. The second-order valence-electron chi connectivity index (χ2n) is 6.24. The largest absolute Gasteiger partial charge is 0.399 e. The van der Waals surface area contributed by atoms with Crippen molar-refractivity contribution in [3.8, 4) is 0 Å². The summed E-state index contributed by atoms with van der Waals surface area (Å²) in [5.41, 5.74) is 10.8. The molecule has 3 aromatic carbocycles. The molecule has 0 radical (unpaired) electrons. The number of amides is 1. The smallest absolute Gasteiger partial charge is 0.252 e. The van der Waals surface area contributed by atoms with Crippen LogP contribution in [0, 0.1) is 6.92 Å². The summed E-state index contributed by atoms with van der Waals surface area (Å²) in [4.78, 5) is 12.6. The first-order chi connectivity index (χ1) is 11.6. The van der Waals surface area contributed by atoms with Gasteiger partial charge in [-0.3, -0.25) is 4.79 Å². The van der Waals surface area contributed by atoms with Crippen LogP contribution in [0.15, 0.2) is 72.8 Å². The third-order valence-corrected chi connectivity index (χ3v) is 4.71. The van der Waals surface area contributed by atoms with Gasteiger partial charge in [-0.05, 0) is 41.8 Å². The highest BCUT2D eigenvalue weighted by Gasteiger charge is 2.45. The van der Waals surface area contributed by atoms with Crippen LogP contribution in [-0.2, 0) is 5.54 Å². The molecule has 1 unspecified atom stereocenters. The van der Waals surface area contributed by atoms with Crippen molar-refractivity contribution >= 4 is 11.6 Å². The molecule has 1 atom stereocenters. The Labute approximate surface area is 141 Å². The lowest BCUT2D eigenvalue weighted by Gasteiger charge is -2.32. The Kier molecular flexibility index (Phi) is 3.17. The van der Waals surface area contributed by atoms with Crippen LogP contribution in [0.25, 0.3) is 0 Å². The van der Waals surface area contributed by atoms with E-state index in [9.17, 15) is 4.79 Å². The molecule has 0 spiro atoms. The van der Waals surface area contributed by atoms with Crippen LogP contribution in [0.1, 0.15) is 32.6 Å². The number of benzene rings is 3. The average molecular weight is 314 g/mol. The lowest BCUT2D eigenvalue weighted by Crippen LogP contribution is -2.41. The van der Waals surface area contributed by atoms with Crippen molar-refractivity contribution in [3.63, 3.8) is 0 Å². The van der Waals surface area contributed by atoms with Crippen LogP contribution in [0.5, 0.6) is 0 Å². The van der Waals surface area contributed by atoms with E-state index >= 15 is 0 Å². The Hall–Kier alpha value is -3.07. The van der Waals surface area contributed by atoms with E-state index in [0.717, 1.165) is 22.3 Å². The Morgan fingerprint density at radius 3 is 2.08 bits per heavy atom. The van der Waals surface area contributed by atoms with E-state index in [0.29, 0.717) is 5.69 Å². The lowest BCUT2D eigenvalue weighted by atomic mass is 9.78. The van der Waals surface area contributed by atoms with Gasteiger partial charge in [-0.15, -0.1) is 0 Å². The Morgan fingerprint density at radius 2 is 1.42 bits per heavy atom. The predicted molar refractivity (Wildman–Crippen MR) is 95.8 cm³/mol. The summed E-state index contributed by atoms with van der Waals surface area (Å²) in [6.07, 6.45) is 0. The fourth-order valence-corrected chi connectivity index (χ4v) is 3.47. The molecule has 0 aromatic heterocycles. The minimum absolute atomic E-state index is 0.0528. The first-order valence-electron chi connectivity index (χ1n) is 7.96. The maximum absolute atomic E-state index is 12.6. The molecule has 1 amide bonds. The second-order valence-corrected chi connectivity index (χ2v) is 6.24. The monoisotopic (exact) mass is 314 g/mol. The molecule has 118 valence electrons. The fourth-order valence-electron chi connectivity index (χ4n) is 3.47. The molecule has 1 aliphatic rings. The van der Waals surface area contributed by atoms with E-state index in [2.05, 4.69) is 36.5 Å². The van der Waals surface area contributed by atoms with Gasteiger partial charge in [0.05, 0.1) is 0 Å². The van der Waals surface area contributed by atoms with Crippen LogP contribution >= 0.6 is 0 Å². The van der Waals surface area contributed by atoms with E-state index in [1.54, 1.807) is 0 Å². The Morgan fingerprint density at radius 1 is 0.833 bits per heavy atom. The van der Waals surface area contributed by atoms with Gasteiger partial charge in [-0.1, -0.05) is 60.2 Å². The number of carbonyl (C=O) groups excluding carboxylic acids is 1. The number of nitrogen functional groups attached to an aromatic ring is 1. The van der Waals surface area contributed by atoms with Crippen molar-refractivity contribution in [1.29, 1.82) is 0 Å². The van der Waals surface area contributed by atoms with Crippen LogP contribution in [0.4, 0.5) is 5.69 Å². The normalized spacial score (nSPS) is 19.0. The Balaban J connectivity index is 2.03. The first kappa shape index (κ1) is 14.5. The molecular formula is C21H18N2O. The van der Waals surface area contributed by atoms with Gasteiger partial charge in [-0.25, -0.2) is 0 Å². The number of aryl methyl sites for hydroxylation is 1. The molecule has 3 nitrogen and oxygen atoms in total. The maximum atomic E-state index is 12.6. The zero-order valence-corrected chi connectivity index (χ0v) is 13.4. The number of carbonyl (C=O) groups is 1. The van der Waals surface area contributed by atoms with E-state index in [1.807, 2.05) is 48.5 Å². The summed E-state index contributed by atoms with van der Waals surface area (Å²) in [5, 5.41) is 3.22. The molecule has 0 fully saturated rings. The van der Waals surface area contributed by atoms with Gasteiger partial charge in [0.25, 0.3) is 5.91 Å². The standard InChI is InChI=1S/C21H18N2O/c1-14-6-8-15(9-7-14)21(16-10-12-17(22)13-11-16)19-5-3-2-4-18(19)20(24)23-21/h2-13H,22H2,1H3,(H,23,24). The highest BCUT2D eigenvalue weighted by molar-refractivity contribution is 6.01. The first-order valence-corrected chi connectivity index (χ1v) is 7.96. The van der Waals surface area contributed by atoms with E-state index in [-0.39, 0.29) is 5.91 Å². The van der Waals surface area contributed by atoms with Crippen molar-refractivity contribution in [3.05, 3.63) is 101 Å². The maximum Gasteiger partial charge on any atom is 0.252 e. The summed E-state index contributed by atoms with van der Waals surface area (Å²) < 4.78 is 0. The molecule has 0 saturated heterocycles. The van der Waals surface area contributed by atoms with Crippen LogP contribution in [-0.4, -0.2) is 5.91 Å². The number of rotatable bonds is 2. The molecule has 0 bridgehead atoms. The molecular weight excluding hydrogens is 296 g/mol. The molecule has 0 aliphatic carbocycles. The van der Waals surface area contributed by atoms with Crippen molar-refractivity contribution in [2.45, 2.75) is 12.5 Å². The summed E-state index contributed by atoms with van der Waals surface area (Å²) >= 11 is 0. The highest BCUT2D eigenvalue weighted by atomic mass is 16.2. The van der Waals surface area contributed by atoms with Gasteiger partial charge in [-0.2, -0.15) is 0 Å². The highest BCUT2D eigenvalue weighted by Crippen LogP contribution is 2.42. The van der Waals surface area contributed by atoms with Crippen molar-refractivity contribution in [1.82, 2.24) is 5.32 Å². The zero-order chi connectivity index (χ0) is 16.7. The molecule has 0 saturated carbocycles. The fraction of sp³-hybridized carbons (Fsp3) is 0.0952. The lowest BCUT2D eigenvalue weighted by molar-refractivity contribution is 0.0948. The van der Waals surface area contributed by atoms with Gasteiger partial charge in [0.15, 0.2) is 0 Å². The number of nitrogens with one attached hydrogen (secondary N) is 1. The van der Waals surface area contributed by atoms with Crippen LogP contribution in [0.3, 0.4) is 0 Å². The van der Waals surface area contributed by atoms with Crippen LogP contribution < -0.4 is 11.1 Å². The number of anilines is 1. The SMILES string of the molecule is Cc1ccc(C2(c3ccc(N)cc3)NC(=O)c3ccccc32)cc1. The summed E-state index contributed by atoms with van der Waals surface area (Å²) in [7, 11) is 0. The summed E-state index contributed by atoms with van der Waals surface area (Å²) in [6.45, 7) is 2.06. The van der Waals surface area contributed by atoms with Crippen LogP contribution in [0.2, 0.25) is 0 Å². The van der Waals surface area contributed by atoms with Gasteiger partial charge < -0.3 is 11.1 Å². The minimum atomic E-state index is -0.685. The van der Waals surface area contributed by atoms with E-state index in [1.165, 1.54) is 5.56 Å². The van der Waals surface area contributed by atoms with Crippen molar-refractivity contribution in [2.75, 3.05) is 5.73 Å². The quantitative estimate of drug-likeness (QED) is 0.710. The molecule has 3 heteroatoms. The van der Waals surface area contributed by atoms with Crippen molar-refractivity contribution in [2.24, 2.45) is 0 Å². The van der Waals surface area contributed by atoms with E-state index < -0.39 is 5.54 Å². The van der Waals surface area contributed by atoms with E-state index in [4.69, 9.17) is 5.73 Å². The third-order valence-electron chi connectivity index (χ3n) is 4.71. The molecule has 24 heavy (non-hydrogen) atoms. The molecule has 1 heterocycles. The predicted octanol–water partition coefficient (Wildman–Crippen LogP) is 3.61. The number of hydrogen-bond donors (Lipinski definition) is 2. The van der Waals surface area contributed by atoms with Gasteiger partial charge in [0.1, 0.15) is 5.54 Å². The Bertz CT molecular complexity index is 866. The molecule has 3 aromatic rings. The minimum Gasteiger partial charge on any atom is -0.399 e.